The summed E-state index contributed by atoms with van der Waals surface area (Å²) in [4.78, 5) is 23.2. The number of ether oxygens (including phenoxy) is 2. The van der Waals surface area contributed by atoms with Crippen molar-refractivity contribution in [2.75, 3.05) is 12.4 Å². The molecule has 0 aliphatic carbocycles. The van der Waals surface area contributed by atoms with E-state index in [1.165, 1.54) is 19.2 Å². The van der Waals surface area contributed by atoms with Gasteiger partial charge in [0, 0.05) is 0 Å². The zero-order valence-electron chi connectivity index (χ0n) is 12.2. The number of rotatable bonds is 5. The number of halogens is 1. The van der Waals surface area contributed by atoms with Gasteiger partial charge in [0.25, 0.3) is 0 Å². The molecule has 2 N–H and O–H groups in total. The van der Waals surface area contributed by atoms with Gasteiger partial charge in [-0.25, -0.2) is 9.59 Å². The maximum absolute atomic E-state index is 11.9. The van der Waals surface area contributed by atoms with E-state index in [9.17, 15) is 14.7 Å². The second-order valence-corrected chi connectivity index (χ2v) is 4.90. The Bertz CT molecular complexity index is 718. The van der Waals surface area contributed by atoms with Gasteiger partial charge in [-0.05, 0) is 17.7 Å². The summed E-state index contributed by atoms with van der Waals surface area (Å²) in [5, 5.41) is 11.8. The monoisotopic (exact) mass is 335 g/mol. The maximum atomic E-state index is 11.9. The van der Waals surface area contributed by atoms with E-state index in [1.54, 1.807) is 12.1 Å². The van der Waals surface area contributed by atoms with Crippen molar-refractivity contribution in [3.63, 3.8) is 0 Å². The quantitative estimate of drug-likeness (QED) is 0.868. The standard InChI is InChI=1S/C16H14ClNO5/c1-22-14-12(17)8-7-11(15(19)20)13(14)18-16(21)23-9-10-5-3-2-4-6-10/h2-8H,9H2,1H3,(H,18,21)(H,19,20). The zero-order valence-corrected chi connectivity index (χ0v) is 13.0. The first-order valence-corrected chi connectivity index (χ1v) is 6.98. The van der Waals surface area contributed by atoms with Gasteiger partial charge in [-0.2, -0.15) is 0 Å². The van der Waals surface area contributed by atoms with Gasteiger partial charge in [-0.15, -0.1) is 0 Å². The van der Waals surface area contributed by atoms with Gasteiger partial charge in [0.15, 0.2) is 5.75 Å². The summed E-state index contributed by atoms with van der Waals surface area (Å²) in [6.45, 7) is 0.0535. The Morgan fingerprint density at radius 3 is 2.48 bits per heavy atom. The van der Waals surface area contributed by atoms with Crippen LogP contribution in [-0.4, -0.2) is 24.3 Å². The lowest BCUT2D eigenvalue weighted by Crippen LogP contribution is -2.17. The number of carboxylic acids is 1. The van der Waals surface area contributed by atoms with Crippen molar-refractivity contribution in [1.29, 1.82) is 0 Å². The summed E-state index contributed by atoms with van der Waals surface area (Å²) in [5.41, 5.74) is 0.604. The minimum Gasteiger partial charge on any atom is -0.493 e. The summed E-state index contributed by atoms with van der Waals surface area (Å²) < 4.78 is 10.1. The molecule has 0 bridgehead atoms. The fraction of sp³-hybridized carbons (Fsp3) is 0.125. The highest BCUT2D eigenvalue weighted by Crippen LogP contribution is 2.36. The second kappa shape index (κ2) is 7.51. The minimum absolute atomic E-state index is 0.0504. The molecule has 0 saturated heterocycles. The fourth-order valence-electron chi connectivity index (χ4n) is 1.92. The summed E-state index contributed by atoms with van der Waals surface area (Å²) in [5.74, 6) is -1.17. The number of carbonyl (C=O) groups is 2. The van der Waals surface area contributed by atoms with Gasteiger partial charge < -0.3 is 14.6 Å². The molecule has 0 atom stereocenters. The molecule has 23 heavy (non-hydrogen) atoms. The van der Waals surface area contributed by atoms with Crippen LogP contribution in [0.5, 0.6) is 5.75 Å². The van der Waals surface area contributed by atoms with Gasteiger partial charge >= 0.3 is 12.1 Å². The summed E-state index contributed by atoms with van der Waals surface area (Å²) >= 11 is 5.95. The normalized spacial score (nSPS) is 10.0. The first kappa shape index (κ1) is 16.6. The molecular weight excluding hydrogens is 322 g/mol. The van der Waals surface area contributed by atoms with Crippen LogP contribution in [0, 0.1) is 0 Å². The van der Waals surface area contributed by atoms with Gasteiger partial charge in [-0.3, -0.25) is 5.32 Å². The molecule has 0 fully saturated rings. The molecule has 0 aromatic heterocycles. The second-order valence-electron chi connectivity index (χ2n) is 4.50. The first-order chi connectivity index (χ1) is 11.0. The largest absolute Gasteiger partial charge is 0.493 e. The van der Waals surface area contributed by atoms with Crippen LogP contribution in [0.1, 0.15) is 15.9 Å². The molecule has 0 unspecified atom stereocenters. The van der Waals surface area contributed by atoms with Crippen LogP contribution in [-0.2, 0) is 11.3 Å². The first-order valence-electron chi connectivity index (χ1n) is 6.60. The van der Waals surface area contributed by atoms with E-state index in [-0.39, 0.29) is 28.6 Å². The molecule has 120 valence electrons. The van der Waals surface area contributed by atoms with E-state index < -0.39 is 12.1 Å². The summed E-state index contributed by atoms with van der Waals surface area (Å²) in [7, 11) is 1.33. The topological polar surface area (TPSA) is 84.9 Å². The lowest BCUT2D eigenvalue weighted by molar-refractivity contribution is 0.0697. The number of benzene rings is 2. The lowest BCUT2D eigenvalue weighted by atomic mass is 10.1. The number of nitrogens with one attached hydrogen (secondary N) is 1. The third-order valence-corrected chi connectivity index (χ3v) is 3.28. The summed E-state index contributed by atoms with van der Waals surface area (Å²) in [6.07, 6.45) is -0.808. The number of carbonyl (C=O) groups excluding carboxylic acids is 1. The van der Waals surface area contributed by atoms with Crippen molar-refractivity contribution in [2.24, 2.45) is 0 Å². The average molecular weight is 336 g/mol. The Kier molecular flexibility index (Phi) is 5.43. The van der Waals surface area contributed by atoms with Crippen molar-refractivity contribution in [1.82, 2.24) is 0 Å². The molecule has 2 rings (SSSR count). The van der Waals surface area contributed by atoms with E-state index in [4.69, 9.17) is 21.1 Å². The van der Waals surface area contributed by atoms with Crippen LogP contribution in [0.3, 0.4) is 0 Å². The number of amides is 1. The Balaban J connectivity index is 2.16. The lowest BCUT2D eigenvalue weighted by Gasteiger charge is -2.14. The molecule has 6 nitrogen and oxygen atoms in total. The Morgan fingerprint density at radius 2 is 1.87 bits per heavy atom. The van der Waals surface area contributed by atoms with Crippen molar-refractivity contribution < 1.29 is 24.2 Å². The third kappa shape index (κ3) is 4.14. The molecule has 0 aliphatic rings. The van der Waals surface area contributed by atoms with Gasteiger partial charge in [0.1, 0.15) is 12.3 Å². The zero-order chi connectivity index (χ0) is 16.8. The SMILES string of the molecule is COc1c(Cl)ccc(C(=O)O)c1NC(=O)OCc1ccccc1. The number of aromatic carboxylic acids is 1. The molecule has 2 aromatic carbocycles. The predicted octanol–water partition coefficient (Wildman–Crippen LogP) is 3.80. The number of carboxylic acid groups (broad SMARTS) is 1. The number of hydrogen-bond donors (Lipinski definition) is 2. The van der Waals surface area contributed by atoms with Crippen LogP contribution in [0.4, 0.5) is 10.5 Å². The molecule has 0 spiro atoms. The molecule has 0 heterocycles. The van der Waals surface area contributed by atoms with Gasteiger partial charge in [0.05, 0.1) is 17.7 Å². The molecule has 0 aliphatic heterocycles. The molecule has 2 aromatic rings. The fourth-order valence-corrected chi connectivity index (χ4v) is 2.16. The average Bonchev–Trinajstić information content (AvgIpc) is 2.54. The van der Waals surface area contributed by atoms with Crippen molar-refractivity contribution in [3.8, 4) is 5.75 Å². The van der Waals surface area contributed by atoms with Crippen LogP contribution in [0.25, 0.3) is 0 Å². The van der Waals surface area contributed by atoms with Crippen molar-refractivity contribution in [3.05, 3.63) is 58.6 Å². The highest BCUT2D eigenvalue weighted by Gasteiger charge is 2.20. The van der Waals surface area contributed by atoms with Crippen molar-refractivity contribution >= 4 is 29.4 Å². The third-order valence-electron chi connectivity index (χ3n) is 2.98. The molecule has 1 amide bonds. The molecular formula is C16H14ClNO5. The van der Waals surface area contributed by atoms with E-state index in [0.29, 0.717) is 0 Å². The van der Waals surface area contributed by atoms with E-state index in [2.05, 4.69) is 5.32 Å². The minimum atomic E-state index is -1.22. The van der Waals surface area contributed by atoms with E-state index in [0.717, 1.165) is 5.56 Å². The molecule has 0 radical (unpaired) electrons. The Hall–Kier alpha value is -2.73. The highest BCUT2D eigenvalue weighted by atomic mass is 35.5. The summed E-state index contributed by atoms with van der Waals surface area (Å²) in [6, 6.07) is 11.7. The Labute approximate surface area is 137 Å². The van der Waals surface area contributed by atoms with Gasteiger partial charge in [-0.1, -0.05) is 41.9 Å². The predicted molar refractivity (Wildman–Crippen MR) is 85.2 cm³/mol. The maximum Gasteiger partial charge on any atom is 0.412 e. The van der Waals surface area contributed by atoms with Crippen LogP contribution in [0.15, 0.2) is 42.5 Å². The van der Waals surface area contributed by atoms with Crippen LogP contribution < -0.4 is 10.1 Å². The smallest absolute Gasteiger partial charge is 0.412 e. The number of hydrogen-bond acceptors (Lipinski definition) is 4. The van der Waals surface area contributed by atoms with Crippen molar-refractivity contribution in [2.45, 2.75) is 6.61 Å². The molecule has 7 heteroatoms. The number of anilines is 1. The molecule has 0 saturated carbocycles. The number of methoxy groups -OCH3 is 1. The van der Waals surface area contributed by atoms with Crippen LogP contribution >= 0.6 is 11.6 Å². The highest BCUT2D eigenvalue weighted by molar-refractivity contribution is 6.33. The van der Waals surface area contributed by atoms with E-state index >= 15 is 0 Å². The van der Waals surface area contributed by atoms with Gasteiger partial charge in [0.2, 0.25) is 0 Å². The van der Waals surface area contributed by atoms with Crippen LogP contribution in [0.2, 0.25) is 5.02 Å². The van der Waals surface area contributed by atoms with E-state index in [1.807, 2.05) is 18.2 Å². The Morgan fingerprint density at radius 1 is 1.17 bits per heavy atom.